The number of nitrogens with two attached hydrogens (primary N) is 1. The van der Waals surface area contributed by atoms with Crippen LogP contribution in [0.4, 0.5) is 11.5 Å². The highest BCUT2D eigenvalue weighted by molar-refractivity contribution is 5.60. The lowest BCUT2D eigenvalue weighted by Crippen LogP contribution is -2.36. The molecule has 1 aromatic heterocycles. The van der Waals surface area contributed by atoms with Crippen LogP contribution in [-0.2, 0) is 6.54 Å². The smallest absolute Gasteiger partial charge is 0.330 e. The van der Waals surface area contributed by atoms with Crippen molar-refractivity contribution >= 4 is 11.5 Å². The summed E-state index contributed by atoms with van der Waals surface area (Å²) in [7, 11) is 2.01. The lowest BCUT2D eigenvalue weighted by Gasteiger charge is -2.21. The average molecular weight is 297 g/mol. The van der Waals surface area contributed by atoms with Crippen molar-refractivity contribution in [3.05, 3.63) is 20.8 Å². The number of rotatable bonds is 7. The number of H-pyrrole nitrogens is 1. The number of anilines is 2. The first-order chi connectivity index (χ1) is 9.73. The van der Waals surface area contributed by atoms with Gasteiger partial charge in [-0.1, -0.05) is 13.8 Å². The quantitative estimate of drug-likeness (QED) is 0.682. The van der Waals surface area contributed by atoms with Crippen molar-refractivity contribution in [1.82, 2.24) is 14.5 Å². The molecule has 0 unspecified atom stereocenters. The van der Waals surface area contributed by atoms with Gasteiger partial charge in [0, 0.05) is 25.7 Å². The Bertz CT molecular complexity index is 574. The van der Waals surface area contributed by atoms with Crippen LogP contribution in [0, 0.1) is 5.92 Å². The van der Waals surface area contributed by atoms with Crippen LogP contribution in [0.2, 0.25) is 0 Å². The predicted octanol–water partition coefficient (Wildman–Crippen LogP) is 0.527. The zero-order chi connectivity index (χ0) is 16.2. The van der Waals surface area contributed by atoms with Crippen LogP contribution in [0.25, 0.3) is 0 Å². The third-order valence-corrected chi connectivity index (χ3v) is 3.44. The predicted molar refractivity (Wildman–Crippen MR) is 86.8 cm³/mol. The molecule has 0 fully saturated rings. The zero-order valence-electron chi connectivity index (χ0n) is 13.6. The van der Waals surface area contributed by atoms with E-state index < -0.39 is 11.2 Å². The summed E-state index contributed by atoms with van der Waals surface area (Å²) in [6.45, 7) is 10.0. The highest BCUT2D eigenvalue weighted by Crippen LogP contribution is 2.11. The van der Waals surface area contributed by atoms with Crippen molar-refractivity contribution in [2.75, 3.05) is 31.2 Å². The number of likely N-dealkylation sites (N-methyl/N-ethyl adjacent to an activating group) is 1. The third-order valence-electron chi connectivity index (χ3n) is 3.44. The first kappa shape index (κ1) is 17.3. The highest BCUT2D eigenvalue weighted by atomic mass is 16.2. The van der Waals surface area contributed by atoms with Crippen LogP contribution in [0.1, 0.15) is 27.7 Å². The maximum absolute atomic E-state index is 11.9. The number of nitrogens with zero attached hydrogens (tertiary/aromatic N) is 2. The molecule has 1 aromatic rings. The molecule has 0 amide bonds. The maximum Gasteiger partial charge on any atom is 0.330 e. The van der Waals surface area contributed by atoms with Gasteiger partial charge in [0.2, 0.25) is 0 Å². The second-order valence-corrected chi connectivity index (χ2v) is 6.03. The van der Waals surface area contributed by atoms with E-state index in [0.717, 1.165) is 6.54 Å². The van der Waals surface area contributed by atoms with Crippen molar-refractivity contribution in [1.29, 1.82) is 0 Å². The van der Waals surface area contributed by atoms with Gasteiger partial charge in [0.1, 0.15) is 11.5 Å². The molecule has 21 heavy (non-hydrogen) atoms. The van der Waals surface area contributed by atoms with E-state index >= 15 is 0 Å². The Labute approximate surface area is 125 Å². The van der Waals surface area contributed by atoms with E-state index in [1.54, 1.807) is 0 Å². The van der Waals surface area contributed by atoms with Gasteiger partial charge in [-0.15, -0.1) is 0 Å². The Morgan fingerprint density at radius 3 is 2.43 bits per heavy atom. The maximum atomic E-state index is 11.9. The Hall–Kier alpha value is -1.76. The number of aromatic amines is 1. The van der Waals surface area contributed by atoms with Crippen molar-refractivity contribution in [2.24, 2.45) is 5.92 Å². The molecule has 0 aliphatic rings. The van der Waals surface area contributed by atoms with Crippen molar-refractivity contribution < 1.29 is 0 Å². The monoisotopic (exact) mass is 297 g/mol. The highest BCUT2D eigenvalue weighted by Gasteiger charge is 2.13. The second-order valence-electron chi connectivity index (χ2n) is 6.03. The molecule has 0 aliphatic heterocycles. The van der Waals surface area contributed by atoms with Crippen molar-refractivity contribution in [3.8, 4) is 0 Å². The van der Waals surface area contributed by atoms with Crippen LogP contribution in [0.3, 0.4) is 0 Å². The van der Waals surface area contributed by atoms with Crippen molar-refractivity contribution in [2.45, 2.75) is 40.3 Å². The van der Waals surface area contributed by atoms with Gasteiger partial charge < -0.3 is 16.0 Å². The number of hydrogen-bond acceptors (Lipinski definition) is 5. The molecule has 4 N–H and O–H groups in total. The van der Waals surface area contributed by atoms with Gasteiger partial charge in [-0.2, -0.15) is 0 Å². The third kappa shape index (κ3) is 4.63. The summed E-state index contributed by atoms with van der Waals surface area (Å²) in [5.41, 5.74) is 5.32. The van der Waals surface area contributed by atoms with Crippen LogP contribution in [0.5, 0.6) is 0 Å². The fourth-order valence-corrected chi connectivity index (χ4v) is 1.92. The number of nitrogen functional groups attached to an aromatic ring is 1. The minimum atomic E-state index is -0.468. The molecule has 1 heterocycles. The fraction of sp³-hybridized carbons (Fsp3) is 0.714. The molecule has 120 valence electrons. The number of nitrogens with one attached hydrogen (secondary N) is 2. The summed E-state index contributed by atoms with van der Waals surface area (Å²) < 4.78 is 1.40. The molecular weight excluding hydrogens is 270 g/mol. The van der Waals surface area contributed by atoms with E-state index in [2.05, 4.69) is 29.0 Å². The minimum Gasteiger partial charge on any atom is -0.383 e. The van der Waals surface area contributed by atoms with Gasteiger partial charge >= 0.3 is 5.69 Å². The number of aromatic nitrogens is 2. The van der Waals surface area contributed by atoms with Crippen LogP contribution in [0.15, 0.2) is 9.59 Å². The van der Waals surface area contributed by atoms with Gasteiger partial charge in [-0.05, 0) is 26.8 Å². The normalized spacial score (nSPS) is 11.6. The lowest BCUT2D eigenvalue weighted by atomic mass is 10.2. The molecule has 0 aromatic carbocycles. The minimum absolute atomic E-state index is 0.199. The Balaban J connectivity index is 2.92. The van der Waals surface area contributed by atoms with E-state index in [-0.39, 0.29) is 17.4 Å². The largest absolute Gasteiger partial charge is 0.383 e. The summed E-state index contributed by atoms with van der Waals surface area (Å²) in [5, 5.41) is 3.04. The summed E-state index contributed by atoms with van der Waals surface area (Å²) in [6, 6.07) is 0.428. The van der Waals surface area contributed by atoms with Gasteiger partial charge in [0.15, 0.2) is 0 Å². The molecule has 0 saturated heterocycles. The fourth-order valence-electron chi connectivity index (χ4n) is 1.92. The molecule has 0 atom stereocenters. The molecule has 0 bridgehead atoms. The van der Waals surface area contributed by atoms with E-state index in [0.29, 0.717) is 19.1 Å². The van der Waals surface area contributed by atoms with Crippen LogP contribution >= 0.6 is 0 Å². The summed E-state index contributed by atoms with van der Waals surface area (Å²) in [4.78, 5) is 28.2. The van der Waals surface area contributed by atoms with Gasteiger partial charge in [-0.25, -0.2) is 4.79 Å². The molecule has 0 saturated carbocycles. The van der Waals surface area contributed by atoms with Crippen LogP contribution < -0.4 is 22.3 Å². The van der Waals surface area contributed by atoms with E-state index in [1.165, 1.54) is 4.57 Å². The molecule has 7 nitrogen and oxygen atoms in total. The standard InChI is InChI=1S/C14H27N5O2/c1-9(2)8-19-12(15)11(13(20)17-14(19)21)16-6-7-18(5)10(3)4/h9-10,16H,6-8,15H2,1-5H3,(H,17,20,21). The molecule has 1 rings (SSSR count). The SMILES string of the molecule is CC(C)Cn1c(N)c(NCCN(C)C(C)C)c(=O)[nH]c1=O. The van der Waals surface area contributed by atoms with Gasteiger partial charge in [0.05, 0.1) is 0 Å². The number of hydrogen-bond donors (Lipinski definition) is 3. The molecule has 0 radical (unpaired) electrons. The summed E-state index contributed by atoms with van der Waals surface area (Å²) in [6.07, 6.45) is 0. The van der Waals surface area contributed by atoms with Crippen LogP contribution in [-0.4, -0.2) is 40.6 Å². The summed E-state index contributed by atoms with van der Waals surface area (Å²) >= 11 is 0. The Morgan fingerprint density at radius 1 is 1.29 bits per heavy atom. The Morgan fingerprint density at radius 2 is 1.90 bits per heavy atom. The second kappa shape index (κ2) is 7.31. The summed E-state index contributed by atoms with van der Waals surface area (Å²) in [5.74, 6) is 0.459. The zero-order valence-corrected chi connectivity index (χ0v) is 13.6. The topological polar surface area (TPSA) is 96.2 Å². The van der Waals surface area contributed by atoms with Crippen molar-refractivity contribution in [3.63, 3.8) is 0 Å². The molecule has 0 spiro atoms. The average Bonchev–Trinajstić information content (AvgIpc) is 2.37. The molecular formula is C14H27N5O2. The molecule has 7 heteroatoms. The van der Waals surface area contributed by atoms with E-state index in [4.69, 9.17) is 5.73 Å². The lowest BCUT2D eigenvalue weighted by molar-refractivity contribution is 0.284. The van der Waals surface area contributed by atoms with E-state index in [1.807, 2.05) is 20.9 Å². The molecule has 0 aliphatic carbocycles. The Kier molecular flexibility index (Phi) is 6.02. The first-order valence-corrected chi connectivity index (χ1v) is 7.30. The van der Waals surface area contributed by atoms with Gasteiger partial charge in [-0.3, -0.25) is 14.3 Å². The first-order valence-electron chi connectivity index (χ1n) is 7.30. The van der Waals surface area contributed by atoms with Gasteiger partial charge in [0.25, 0.3) is 5.56 Å². The van der Waals surface area contributed by atoms with E-state index in [9.17, 15) is 9.59 Å².